The molecule has 0 aromatic carbocycles. The molecule has 0 saturated carbocycles. The molecule has 0 aliphatic rings. The van der Waals surface area contributed by atoms with Crippen molar-refractivity contribution in [1.29, 1.82) is 0 Å². The van der Waals surface area contributed by atoms with Crippen molar-refractivity contribution < 1.29 is 0 Å². The van der Waals surface area contributed by atoms with Crippen LogP contribution in [0.25, 0.3) is 0 Å². The van der Waals surface area contributed by atoms with Crippen LogP contribution in [0.2, 0.25) is 0 Å². The number of rotatable bonds is 0. The summed E-state index contributed by atoms with van der Waals surface area (Å²) in [6.45, 7) is 16.8. The highest BCUT2D eigenvalue weighted by molar-refractivity contribution is 4.51. The summed E-state index contributed by atoms with van der Waals surface area (Å²) in [5.74, 6) is 0.833. The maximum atomic E-state index is 3.12. The third kappa shape index (κ3) is 995. The second-order valence-corrected chi connectivity index (χ2v) is 1.98. The Kier molecular flexibility index (Phi) is 45.3. The van der Waals surface area contributed by atoms with Crippen molar-refractivity contribution in [2.45, 2.75) is 34.6 Å². The highest BCUT2D eigenvalue weighted by Gasteiger charge is 1.68. The average molecular weight is 128 g/mol. The van der Waals surface area contributed by atoms with Crippen molar-refractivity contribution in [2.75, 3.05) is 0 Å². The Morgan fingerprint density at radius 1 is 1.00 bits per heavy atom. The summed E-state index contributed by atoms with van der Waals surface area (Å²) in [5, 5.41) is 0. The number of hydrogen-bond donors (Lipinski definition) is 0. The van der Waals surface area contributed by atoms with Gasteiger partial charge in [0, 0.05) is 0 Å². The largest absolute Gasteiger partial charge is 0.137 e. The summed E-state index contributed by atoms with van der Waals surface area (Å²) in [4.78, 5) is 0. The van der Waals surface area contributed by atoms with Gasteiger partial charge >= 0.3 is 0 Å². The normalized spacial score (nSPS) is 5.56. The molecule has 0 aliphatic carbocycles. The van der Waals surface area contributed by atoms with Crippen LogP contribution in [0.3, 0.4) is 0 Å². The highest BCUT2D eigenvalue weighted by atomic mass is 13.7. The molecule has 0 spiro atoms. The second kappa shape index (κ2) is 25.8. The second-order valence-electron chi connectivity index (χ2n) is 1.98. The summed E-state index contributed by atoms with van der Waals surface area (Å²) >= 11 is 0. The lowest BCUT2D eigenvalue weighted by Crippen LogP contribution is -1.66. The predicted molar refractivity (Wildman–Crippen MR) is 46.6 cm³/mol. The molecule has 0 heterocycles. The van der Waals surface area contributed by atoms with E-state index in [1.54, 1.807) is 0 Å². The van der Waals surface area contributed by atoms with Crippen molar-refractivity contribution in [3.05, 3.63) is 18.9 Å². The molecule has 0 atom stereocenters. The van der Waals surface area contributed by atoms with Gasteiger partial charge in [0.2, 0.25) is 0 Å². The Balaban J connectivity index is -0.0000000646. The van der Waals surface area contributed by atoms with Crippen LogP contribution in [-0.2, 0) is 0 Å². The SMILES string of the molecule is C=C=C.CC.CC(C)C. The van der Waals surface area contributed by atoms with E-state index in [-0.39, 0.29) is 0 Å². The van der Waals surface area contributed by atoms with Gasteiger partial charge in [0.15, 0.2) is 0 Å². The molecule has 56 valence electrons. The van der Waals surface area contributed by atoms with Crippen LogP contribution >= 0.6 is 0 Å². The van der Waals surface area contributed by atoms with Gasteiger partial charge in [-0.3, -0.25) is 0 Å². The van der Waals surface area contributed by atoms with E-state index in [2.05, 4.69) is 39.7 Å². The minimum absolute atomic E-state index is 0.833. The molecule has 0 N–H and O–H groups in total. The molecule has 0 amide bonds. The van der Waals surface area contributed by atoms with Crippen LogP contribution in [0, 0.1) is 5.92 Å². The topological polar surface area (TPSA) is 0 Å². The van der Waals surface area contributed by atoms with E-state index < -0.39 is 0 Å². The van der Waals surface area contributed by atoms with Gasteiger partial charge in [-0.25, -0.2) is 0 Å². The van der Waals surface area contributed by atoms with Crippen LogP contribution in [0.5, 0.6) is 0 Å². The van der Waals surface area contributed by atoms with Gasteiger partial charge in [-0.15, -0.1) is 5.73 Å². The fraction of sp³-hybridized carbons (Fsp3) is 0.667. The molecule has 0 bridgehead atoms. The van der Waals surface area contributed by atoms with Crippen LogP contribution < -0.4 is 0 Å². The Bertz CT molecular complexity index is 42.3. The van der Waals surface area contributed by atoms with E-state index >= 15 is 0 Å². The van der Waals surface area contributed by atoms with Crippen LogP contribution in [-0.4, -0.2) is 0 Å². The van der Waals surface area contributed by atoms with E-state index in [1.807, 2.05) is 13.8 Å². The average Bonchev–Trinajstić information content (AvgIpc) is 1.71. The Hall–Kier alpha value is -0.480. The van der Waals surface area contributed by atoms with Gasteiger partial charge in [0.05, 0.1) is 0 Å². The molecule has 0 unspecified atom stereocenters. The molecular weight excluding hydrogens is 108 g/mol. The maximum Gasteiger partial charge on any atom is -0.0500 e. The first-order valence-corrected chi connectivity index (χ1v) is 3.44. The summed E-state index contributed by atoms with van der Waals surface area (Å²) in [7, 11) is 0. The maximum absolute atomic E-state index is 3.12. The van der Waals surface area contributed by atoms with Gasteiger partial charge in [0.1, 0.15) is 0 Å². The highest BCUT2D eigenvalue weighted by Crippen LogP contribution is 1.81. The van der Waals surface area contributed by atoms with Gasteiger partial charge in [-0.2, -0.15) is 0 Å². The zero-order chi connectivity index (χ0) is 8.28. The summed E-state index contributed by atoms with van der Waals surface area (Å²) < 4.78 is 0. The molecular formula is C9H20. The Labute approximate surface area is 60.3 Å². The summed E-state index contributed by atoms with van der Waals surface area (Å²) in [6, 6.07) is 0. The quantitative estimate of drug-likeness (QED) is 0.437. The van der Waals surface area contributed by atoms with Crippen molar-refractivity contribution in [3.8, 4) is 0 Å². The van der Waals surface area contributed by atoms with Crippen LogP contribution in [0.1, 0.15) is 34.6 Å². The van der Waals surface area contributed by atoms with Crippen molar-refractivity contribution in [1.82, 2.24) is 0 Å². The molecule has 0 fully saturated rings. The molecule has 0 aromatic rings. The first-order chi connectivity index (χ1) is 4.15. The number of hydrogen-bond acceptors (Lipinski definition) is 0. The van der Waals surface area contributed by atoms with Gasteiger partial charge in [0.25, 0.3) is 0 Å². The predicted octanol–water partition coefficient (Wildman–Crippen LogP) is 3.65. The van der Waals surface area contributed by atoms with Gasteiger partial charge < -0.3 is 0 Å². The van der Waals surface area contributed by atoms with E-state index in [0.717, 1.165) is 5.92 Å². The minimum Gasteiger partial charge on any atom is -0.137 e. The zero-order valence-electron chi connectivity index (χ0n) is 7.49. The van der Waals surface area contributed by atoms with E-state index in [0.29, 0.717) is 0 Å². The molecule has 9 heavy (non-hydrogen) atoms. The first-order valence-electron chi connectivity index (χ1n) is 3.44. The Morgan fingerprint density at radius 3 is 1.00 bits per heavy atom. The van der Waals surface area contributed by atoms with Crippen molar-refractivity contribution in [2.24, 2.45) is 5.92 Å². The molecule has 0 aromatic heterocycles. The zero-order valence-corrected chi connectivity index (χ0v) is 7.49. The molecule has 0 saturated heterocycles. The lowest BCUT2D eigenvalue weighted by molar-refractivity contribution is 0.737. The third-order valence-electron chi connectivity index (χ3n) is 0. The summed E-state index contributed by atoms with van der Waals surface area (Å²) in [6.07, 6.45) is 0. The molecule has 0 rings (SSSR count). The van der Waals surface area contributed by atoms with E-state index in [9.17, 15) is 0 Å². The van der Waals surface area contributed by atoms with Crippen molar-refractivity contribution >= 4 is 0 Å². The fourth-order valence-corrected chi connectivity index (χ4v) is 0. The lowest BCUT2D eigenvalue weighted by atomic mass is 10.3. The van der Waals surface area contributed by atoms with Crippen LogP contribution in [0.15, 0.2) is 18.9 Å². The van der Waals surface area contributed by atoms with Gasteiger partial charge in [-0.1, -0.05) is 47.8 Å². The third-order valence-corrected chi connectivity index (χ3v) is 0. The fourth-order valence-electron chi connectivity index (χ4n) is 0. The molecule has 0 radical (unpaired) electrons. The van der Waals surface area contributed by atoms with Gasteiger partial charge in [-0.05, 0) is 5.92 Å². The molecule has 0 aliphatic heterocycles. The van der Waals surface area contributed by atoms with E-state index in [4.69, 9.17) is 0 Å². The Morgan fingerprint density at radius 2 is 1.00 bits per heavy atom. The smallest absolute Gasteiger partial charge is 0.0500 e. The molecule has 0 nitrogen and oxygen atoms in total. The van der Waals surface area contributed by atoms with Crippen molar-refractivity contribution in [3.63, 3.8) is 0 Å². The monoisotopic (exact) mass is 128 g/mol. The minimum atomic E-state index is 0.833. The van der Waals surface area contributed by atoms with E-state index in [1.165, 1.54) is 0 Å². The first kappa shape index (κ1) is 15.8. The standard InChI is InChI=1S/C4H10.C3H4.C2H6/c1-4(2)3;1-3-2;1-2/h4H,1-3H3;1-2H2;1-2H3. The molecule has 0 heteroatoms. The lowest BCUT2D eigenvalue weighted by Gasteiger charge is -1.79. The summed E-state index contributed by atoms with van der Waals surface area (Å²) in [5.41, 5.74) is 2.25. The van der Waals surface area contributed by atoms with Crippen LogP contribution in [0.4, 0.5) is 0 Å².